The van der Waals surface area contributed by atoms with Crippen LogP contribution in [0.15, 0.2) is 6.20 Å². The number of nitrogens with one attached hydrogen (secondary N) is 1. The zero-order valence-corrected chi connectivity index (χ0v) is 12.9. The Morgan fingerprint density at radius 3 is 2.74 bits per heavy atom. The van der Waals surface area contributed by atoms with Gasteiger partial charge in [0.2, 0.25) is 0 Å². The van der Waals surface area contributed by atoms with E-state index in [1.807, 2.05) is 4.68 Å². The van der Waals surface area contributed by atoms with Crippen LogP contribution in [0.2, 0.25) is 0 Å². The summed E-state index contributed by atoms with van der Waals surface area (Å²) in [5, 5.41) is 11.8. The van der Waals surface area contributed by atoms with Gasteiger partial charge in [-0.1, -0.05) is 38.8 Å². The Hall–Kier alpha value is -0.900. The second-order valence-corrected chi connectivity index (χ2v) is 5.74. The summed E-state index contributed by atoms with van der Waals surface area (Å²) in [6, 6.07) is 0. The molecule has 0 bridgehead atoms. The maximum Gasteiger partial charge on any atom is 0.0827 e. The lowest BCUT2D eigenvalue weighted by Gasteiger charge is -2.06. The van der Waals surface area contributed by atoms with Gasteiger partial charge in [-0.25, -0.2) is 0 Å². The molecule has 1 N–H and O–H groups in total. The van der Waals surface area contributed by atoms with Crippen LogP contribution in [0.3, 0.4) is 0 Å². The van der Waals surface area contributed by atoms with Gasteiger partial charge in [-0.05, 0) is 44.7 Å². The van der Waals surface area contributed by atoms with Gasteiger partial charge in [0.15, 0.2) is 0 Å². The zero-order chi connectivity index (χ0) is 13.9. The number of hydrogen-bond donors (Lipinski definition) is 1. The van der Waals surface area contributed by atoms with Gasteiger partial charge in [-0.15, -0.1) is 5.10 Å². The van der Waals surface area contributed by atoms with Crippen molar-refractivity contribution in [2.24, 2.45) is 5.92 Å². The van der Waals surface area contributed by atoms with Crippen LogP contribution in [0.25, 0.3) is 0 Å². The maximum absolute atomic E-state index is 4.20. The Morgan fingerprint density at radius 1 is 1.21 bits per heavy atom. The van der Waals surface area contributed by atoms with Gasteiger partial charge in [0.25, 0.3) is 0 Å². The Labute approximate surface area is 118 Å². The lowest BCUT2D eigenvalue weighted by Crippen LogP contribution is -2.20. The van der Waals surface area contributed by atoms with E-state index in [0.29, 0.717) is 0 Å². The average molecular weight is 266 g/mol. The summed E-state index contributed by atoms with van der Waals surface area (Å²) in [5.74, 6) is 0.755. The lowest BCUT2D eigenvalue weighted by atomic mass is 10.1. The summed E-state index contributed by atoms with van der Waals surface area (Å²) in [6.07, 6.45) is 9.41. The fraction of sp³-hybridized carbons (Fsp3) is 0.867. The monoisotopic (exact) mass is 266 g/mol. The molecule has 0 atom stereocenters. The highest BCUT2D eigenvalue weighted by atomic mass is 15.4. The molecule has 1 aromatic rings. The second kappa shape index (κ2) is 9.96. The van der Waals surface area contributed by atoms with Gasteiger partial charge in [0.1, 0.15) is 0 Å². The number of unbranched alkanes of at least 4 members (excludes halogenated alkanes) is 3. The van der Waals surface area contributed by atoms with Crippen molar-refractivity contribution in [1.82, 2.24) is 20.3 Å². The van der Waals surface area contributed by atoms with Gasteiger partial charge in [-0.3, -0.25) is 4.68 Å². The van der Waals surface area contributed by atoms with E-state index in [1.54, 1.807) is 0 Å². The molecule has 0 aliphatic heterocycles. The topological polar surface area (TPSA) is 42.7 Å². The van der Waals surface area contributed by atoms with Gasteiger partial charge in [0.05, 0.1) is 5.69 Å². The molecule has 19 heavy (non-hydrogen) atoms. The molecule has 0 radical (unpaired) electrons. The van der Waals surface area contributed by atoms with Crippen molar-refractivity contribution in [2.45, 2.75) is 65.8 Å². The normalized spacial score (nSPS) is 11.4. The van der Waals surface area contributed by atoms with E-state index in [-0.39, 0.29) is 0 Å². The molecule has 0 aromatic carbocycles. The highest BCUT2D eigenvalue weighted by molar-refractivity contribution is 4.91. The molecule has 0 unspecified atom stereocenters. The van der Waals surface area contributed by atoms with Crippen molar-refractivity contribution < 1.29 is 0 Å². The summed E-state index contributed by atoms with van der Waals surface area (Å²) in [7, 11) is 0. The minimum atomic E-state index is 0.755. The molecule has 0 saturated heterocycles. The SMILES string of the molecule is CCCn1cc(CCCCCCNCC(C)C)nn1. The van der Waals surface area contributed by atoms with Crippen molar-refractivity contribution in [3.8, 4) is 0 Å². The van der Waals surface area contributed by atoms with Crippen LogP contribution < -0.4 is 5.32 Å². The number of rotatable bonds is 11. The minimum Gasteiger partial charge on any atom is -0.316 e. The molecule has 0 amide bonds. The molecule has 1 heterocycles. The van der Waals surface area contributed by atoms with E-state index in [2.05, 4.69) is 42.6 Å². The van der Waals surface area contributed by atoms with E-state index in [4.69, 9.17) is 0 Å². The lowest BCUT2D eigenvalue weighted by molar-refractivity contribution is 0.526. The molecule has 110 valence electrons. The van der Waals surface area contributed by atoms with E-state index in [9.17, 15) is 0 Å². The van der Waals surface area contributed by atoms with Crippen LogP contribution in [0.4, 0.5) is 0 Å². The van der Waals surface area contributed by atoms with Gasteiger partial charge in [-0.2, -0.15) is 0 Å². The highest BCUT2D eigenvalue weighted by Crippen LogP contribution is 2.05. The van der Waals surface area contributed by atoms with E-state index in [1.165, 1.54) is 25.7 Å². The number of hydrogen-bond acceptors (Lipinski definition) is 3. The highest BCUT2D eigenvalue weighted by Gasteiger charge is 2.00. The maximum atomic E-state index is 4.20. The molecule has 0 aliphatic rings. The third-order valence-corrected chi connectivity index (χ3v) is 3.13. The van der Waals surface area contributed by atoms with Crippen molar-refractivity contribution in [3.05, 3.63) is 11.9 Å². The smallest absolute Gasteiger partial charge is 0.0827 e. The predicted molar refractivity (Wildman–Crippen MR) is 80.2 cm³/mol. The Kier molecular flexibility index (Phi) is 8.47. The van der Waals surface area contributed by atoms with Crippen LogP contribution >= 0.6 is 0 Å². The molecule has 0 fully saturated rings. The Bertz CT molecular complexity index is 320. The van der Waals surface area contributed by atoms with Crippen LogP contribution in [0.5, 0.6) is 0 Å². The summed E-state index contributed by atoms with van der Waals surface area (Å²) in [5.41, 5.74) is 1.14. The molecule has 4 nitrogen and oxygen atoms in total. The molecule has 0 spiro atoms. The van der Waals surface area contributed by atoms with Crippen LogP contribution in [-0.4, -0.2) is 28.1 Å². The molecular formula is C15H30N4. The van der Waals surface area contributed by atoms with Crippen molar-refractivity contribution in [2.75, 3.05) is 13.1 Å². The van der Waals surface area contributed by atoms with E-state index < -0.39 is 0 Å². The number of aryl methyl sites for hydroxylation is 2. The van der Waals surface area contributed by atoms with Crippen LogP contribution in [0.1, 0.15) is 58.6 Å². The predicted octanol–water partition coefficient (Wildman–Crippen LogP) is 3.04. The first-order valence-electron chi connectivity index (χ1n) is 7.82. The summed E-state index contributed by atoms with van der Waals surface area (Å²) in [6.45, 7) is 9.94. The summed E-state index contributed by atoms with van der Waals surface area (Å²) >= 11 is 0. The first-order valence-corrected chi connectivity index (χ1v) is 7.82. The first-order chi connectivity index (χ1) is 9.22. The quantitative estimate of drug-likeness (QED) is 0.626. The van der Waals surface area contributed by atoms with E-state index in [0.717, 1.165) is 44.1 Å². The first kappa shape index (κ1) is 16.2. The van der Waals surface area contributed by atoms with Crippen molar-refractivity contribution in [1.29, 1.82) is 0 Å². The molecule has 1 aromatic heterocycles. The molecule has 4 heteroatoms. The number of nitrogens with zero attached hydrogens (tertiary/aromatic N) is 3. The Morgan fingerprint density at radius 2 is 2.00 bits per heavy atom. The standard InChI is InChI=1S/C15H30N4/c1-4-11-19-13-15(17-18-19)9-7-5-6-8-10-16-12-14(2)3/h13-14,16H,4-12H2,1-3H3. The van der Waals surface area contributed by atoms with Crippen molar-refractivity contribution in [3.63, 3.8) is 0 Å². The van der Waals surface area contributed by atoms with Gasteiger partial charge < -0.3 is 5.32 Å². The Balaban J connectivity index is 1.95. The van der Waals surface area contributed by atoms with Gasteiger partial charge >= 0.3 is 0 Å². The largest absolute Gasteiger partial charge is 0.316 e. The van der Waals surface area contributed by atoms with Gasteiger partial charge in [0, 0.05) is 12.7 Å². The molecule has 0 saturated carbocycles. The fourth-order valence-corrected chi connectivity index (χ4v) is 2.09. The number of aromatic nitrogens is 3. The third-order valence-electron chi connectivity index (χ3n) is 3.13. The van der Waals surface area contributed by atoms with Crippen LogP contribution in [0, 0.1) is 5.92 Å². The van der Waals surface area contributed by atoms with E-state index >= 15 is 0 Å². The zero-order valence-electron chi connectivity index (χ0n) is 12.9. The minimum absolute atomic E-state index is 0.755. The van der Waals surface area contributed by atoms with Crippen molar-refractivity contribution >= 4 is 0 Å². The molecular weight excluding hydrogens is 236 g/mol. The fourth-order valence-electron chi connectivity index (χ4n) is 2.09. The second-order valence-electron chi connectivity index (χ2n) is 5.74. The van der Waals surface area contributed by atoms with Crippen LogP contribution in [-0.2, 0) is 13.0 Å². The summed E-state index contributed by atoms with van der Waals surface area (Å²) in [4.78, 5) is 0. The third kappa shape index (κ3) is 7.98. The average Bonchev–Trinajstić information content (AvgIpc) is 2.80. The molecule has 0 aliphatic carbocycles. The molecule has 1 rings (SSSR count). The summed E-state index contributed by atoms with van der Waals surface area (Å²) < 4.78 is 1.95.